The van der Waals surface area contributed by atoms with E-state index >= 15 is 0 Å². The lowest BCUT2D eigenvalue weighted by Gasteiger charge is -2.35. The number of amides is 1. The molecule has 0 bridgehead atoms. The Morgan fingerprint density at radius 1 is 1.30 bits per heavy atom. The third-order valence-corrected chi connectivity index (χ3v) is 4.89. The van der Waals surface area contributed by atoms with Gasteiger partial charge in [0.05, 0.1) is 11.8 Å². The largest absolute Gasteiger partial charge is 0.341 e. The molecule has 110 valence electrons. The van der Waals surface area contributed by atoms with Gasteiger partial charge in [-0.25, -0.2) is 0 Å². The number of hydrogen-bond acceptors (Lipinski definition) is 1. The standard InChI is InChI=1S/C17H24ClNO/c1-12-8-9-13(2)14(10-12)11-17(20)19(3)16-7-5-4-6-15(16)18/h8-10,15-16H,4-7,11H2,1-3H3. The maximum Gasteiger partial charge on any atom is 0.227 e. The number of carbonyl (C=O) groups excluding carboxylic acids is 1. The van der Waals surface area contributed by atoms with E-state index in [2.05, 4.69) is 32.0 Å². The number of nitrogens with zero attached hydrogens (tertiary/aromatic N) is 1. The number of halogens is 1. The molecule has 2 nitrogen and oxygen atoms in total. The Hall–Kier alpha value is -1.02. The minimum Gasteiger partial charge on any atom is -0.341 e. The van der Waals surface area contributed by atoms with Crippen LogP contribution < -0.4 is 0 Å². The molecule has 0 radical (unpaired) electrons. The molecule has 0 saturated heterocycles. The first-order chi connectivity index (χ1) is 9.49. The molecule has 2 unspecified atom stereocenters. The van der Waals surface area contributed by atoms with E-state index in [1.807, 2.05) is 11.9 Å². The van der Waals surface area contributed by atoms with Crippen LogP contribution in [0.1, 0.15) is 42.4 Å². The number of rotatable bonds is 3. The Labute approximate surface area is 127 Å². The molecule has 2 rings (SSSR count). The lowest BCUT2D eigenvalue weighted by molar-refractivity contribution is -0.131. The van der Waals surface area contributed by atoms with E-state index in [0.717, 1.165) is 18.4 Å². The van der Waals surface area contributed by atoms with Crippen LogP contribution in [-0.4, -0.2) is 29.3 Å². The summed E-state index contributed by atoms with van der Waals surface area (Å²) in [5.74, 6) is 0.177. The quantitative estimate of drug-likeness (QED) is 0.775. The minimum atomic E-state index is 0.108. The van der Waals surface area contributed by atoms with Gasteiger partial charge in [0.2, 0.25) is 5.91 Å². The van der Waals surface area contributed by atoms with Gasteiger partial charge in [-0.05, 0) is 37.8 Å². The van der Waals surface area contributed by atoms with Crippen LogP contribution in [0.4, 0.5) is 0 Å². The average Bonchev–Trinajstić information content (AvgIpc) is 2.42. The van der Waals surface area contributed by atoms with Crippen LogP contribution in [0.2, 0.25) is 0 Å². The van der Waals surface area contributed by atoms with Gasteiger partial charge in [-0.3, -0.25) is 4.79 Å². The molecule has 1 amide bonds. The number of carbonyl (C=O) groups is 1. The summed E-state index contributed by atoms with van der Waals surface area (Å²) in [4.78, 5) is 14.4. The normalized spacial score (nSPS) is 22.6. The summed E-state index contributed by atoms with van der Waals surface area (Å²) >= 11 is 6.39. The molecule has 0 heterocycles. The Morgan fingerprint density at radius 3 is 2.70 bits per heavy atom. The summed E-state index contributed by atoms with van der Waals surface area (Å²) in [6.45, 7) is 4.13. The monoisotopic (exact) mass is 293 g/mol. The molecule has 0 spiro atoms. The lowest BCUT2D eigenvalue weighted by Crippen LogP contribution is -2.44. The van der Waals surface area contributed by atoms with E-state index in [9.17, 15) is 4.79 Å². The molecular weight excluding hydrogens is 270 g/mol. The van der Waals surface area contributed by atoms with Crippen LogP contribution in [0.5, 0.6) is 0 Å². The van der Waals surface area contributed by atoms with Crippen molar-refractivity contribution in [1.82, 2.24) is 4.90 Å². The highest BCUT2D eigenvalue weighted by atomic mass is 35.5. The second-order valence-electron chi connectivity index (χ2n) is 5.98. The first-order valence-corrected chi connectivity index (χ1v) is 7.88. The van der Waals surface area contributed by atoms with Crippen molar-refractivity contribution >= 4 is 17.5 Å². The SMILES string of the molecule is Cc1ccc(C)c(CC(=O)N(C)C2CCCCC2Cl)c1. The summed E-state index contributed by atoms with van der Waals surface area (Å²) in [6.07, 6.45) is 4.89. The fourth-order valence-electron chi connectivity index (χ4n) is 2.97. The lowest BCUT2D eigenvalue weighted by atomic mass is 9.93. The zero-order chi connectivity index (χ0) is 14.7. The van der Waals surface area contributed by atoms with Crippen molar-refractivity contribution in [2.24, 2.45) is 0 Å². The van der Waals surface area contributed by atoms with Gasteiger partial charge in [0.25, 0.3) is 0 Å². The van der Waals surface area contributed by atoms with Gasteiger partial charge < -0.3 is 4.90 Å². The molecule has 0 aromatic heterocycles. The van der Waals surface area contributed by atoms with Crippen molar-refractivity contribution in [1.29, 1.82) is 0 Å². The highest BCUT2D eigenvalue weighted by Crippen LogP contribution is 2.27. The van der Waals surface area contributed by atoms with Gasteiger partial charge in [0, 0.05) is 13.1 Å². The van der Waals surface area contributed by atoms with Gasteiger partial charge in [-0.1, -0.05) is 36.6 Å². The Morgan fingerprint density at radius 2 is 2.00 bits per heavy atom. The fraction of sp³-hybridized carbons (Fsp3) is 0.588. The average molecular weight is 294 g/mol. The van der Waals surface area contributed by atoms with Crippen molar-refractivity contribution in [3.05, 3.63) is 34.9 Å². The van der Waals surface area contributed by atoms with Gasteiger partial charge in [-0.15, -0.1) is 11.6 Å². The maximum absolute atomic E-state index is 12.5. The molecule has 2 atom stereocenters. The summed E-state index contributed by atoms with van der Waals surface area (Å²) in [5, 5.41) is 0.108. The molecule has 1 aromatic carbocycles. The van der Waals surface area contributed by atoms with Crippen LogP contribution in [-0.2, 0) is 11.2 Å². The fourth-order valence-corrected chi connectivity index (χ4v) is 3.41. The topological polar surface area (TPSA) is 20.3 Å². The van der Waals surface area contributed by atoms with E-state index < -0.39 is 0 Å². The second kappa shape index (κ2) is 6.62. The van der Waals surface area contributed by atoms with Gasteiger partial charge >= 0.3 is 0 Å². The molecule has 1 aliphatic rings. The van der Waals surface area contributed by atoms with Crippen molar-refractivity contribution in [2.75, 3.05) is 7.05 Å². The predicted molar refractivity (Wildman–Crippen MR) is 84.3 cm³/mol. The second-order valence-corrected chi connectivity index (χ2v) is 6.54. The van der Waals surface area contributed by atoms with Crippen molar-refractivity contribution in [3.63, 3.8) is 0 Å². The van der Waals surface area contributed by atoms with E-state index in [-0.39, 0.29) is 17.3 Å². The third-order valence-electron chi connectivity index (χ3n) is 4.38. The van der Waals surface area contributed by atoms with E-state index in [1.165, 1.54) is 24.0 Å². The molecule has 20 heavy (non-hydrogen) atoms. The number of likely N-dealkylation sites (N-methyl/N-ethyl adjacent to an activating group) is 1. The summed E-state index contributed by atoms with van der Waals surface area (Å²) in [5.41, 5.74) is 3.51. The molecular formula is C17H24ClNO. The van der Waals surface area contributed by atoms with Crippen molar-refractivity contribution < 1.29 is 4.79 Å². The van der Waals surface area contributed by atoms with Crippen molar-refractivity contribution in [3.8, 4) is 0 Å². The zero-order valence-corrected chi connectivity index (χ0v) is 13.4. The molecule has 1 aliphatic carbocycles. The Balaban J connectivity index is 2.05. The highest BCUT2D eigenvalue weighted by Gasteiger charge is 2.29. The maximum atomic E-state index is 12.5. The van der Waals surface area contributed by atoms with Crippen LogP contribution in [0.15, 0.2) is 18.2 Å². The van der Waals surface area contributed by atoms with E-state index in [4.69, 9.17) is 11.6 Å². The Kier molecular flexibility index (Phi) is 5.09. The van der Waals surface area contributed by atoms with Gasteiger partial charge in [-0.2, -0.15) is 0 Å². The molecule has 3 heteroatoms. The van der Waals surface area contributed by atoms with Crippen molar-refractivity contribution in [2.45, 2.75) is 57.4 Å². The number of benzene rings is 1. The first-order valence-electron chi connectivity index (χ1n) is 7.45. The smallest absolute Gasteiger partial charge is 0.227 e. The molecule has 1 aromatic rings. The Bertz CT molecular complexity index is 486. The van der Waals surface area contributed by atoms with Crippen LogP contribution in [0.3, 0.4) is 0 Å². The predicted octanol–water partition coefficient (Wildman–Crippen LogP) is 3.85. The van der Waals surface area contributed by atoms with Crippen LogP contribution in [0.25, 0.3) is 0 Å². The number of hydrogen-bond donors (Lipinski definition) is 0. The first kappa shape index (κ1) is 15.4. The number of aryl methyl sites for hydroxylation is 2. The van der Waals surface area contributed by atoms with Gasteiger partial charge in [0.15, 0.2) is 0 Å². The highest BCUT2D eigenvalue weighted by molar-refractivity contribution is 6.21. The third kappa shape index (κ3) is 3.54. The summed E-state index contributed by atoms with van der Waals surface area (Å²) < 4.78 is 0. The number of alkyl halides is 1. The van der Waals surface area contributed by atoms with E-state index in [1.54, 1.807) is 0 Å². The molecule has 0 N–H and O–H groups in total. The molecule has 0 aliphatic heterocycles. The minimum absolute atomic E-state index is 0.108. The zero-order valence-electron chi connectivity index (χ0n) is 12.7. The summed E-state index contributed by atoms with van der Waals surface area (Å²) in [7, 11) is 1.90. The van der Waals surface area contributed by atoms with Crippen LogP contribution in [0, 0.1) is 13.8 Å². The van der Waals surface area contributed by atoms with E-state index in [0.29, 0.717) is 6.42 Å². The summed E-state index contributed by atoms with van der Waals surface area (Å²) in [6, 6.07) is 6.48. The van der Waals surface area contributed by atoms with Gasteiger partial charge in [0.1, 0.15) is 0 Å². The molecule has 1 fully saturated rings. The van der Waals surface area contributed by atoms with Crippen LogP contribution >= 0.6 is 11.6 Å². The molecule has 1 saturated carbocycles.